The molecular weight excluding hydrogens is 234 g/mol. The van der Waals surface area contributed by atoms with Gasteiger partial charge in [-0.15, -0.1) is 10.2 Å². The number of anilines is 1. The van der Waals surface area contributed by atoms with Gasteiger partial charge in [0.2, 0.25) is 5.13 Å². The molecule has 0 saturated carbocycles. The summed E-state index contributed by atoms with van der Waals surface area (Å²) in [6.07, 6.45) is -2.51. The van der Waals surface area contributed by atoms with Gasteiger partial charge in [-0.25, -0.2) is 8.78 Å². The van der Waals surface area contributed by atoms with Crippen molar-refractivity contribution < 1.29 is 8.78 Å². The molecule has 2 rings (SSSR count). The van der Waals surface area contributed by atoms with Crippen LogP contribution in [0.15, 0.2) is 0 Å². The number of rotatable bonds is 4. The first-order valence-electron chi connectivity index (χ1n) is 5.07. The van der Waals surface area contributed by atoms with Crippen LogP contribution in [0.5, 0.6) is 0 Å². The Morgan fingerprint density at radius 3 is 2.62 bits per heavy atom. The Hall–Kier alpha value is -0.820. The molecule has 0 amide bonds. The molecule has 2 heterocycles. The normalized spacial score (nSPS) is 17.2. The standard InChI is InChI=1S/C9H14F2N4S/c1-14(2)3-6-4-15(5-6)9-13-12-8(16-9)7(10)11/h6-7H,3-5H2,1-2H3. The number of aromatic nitrogens is 2. The summed E-state index contributed by atoms with van der Waals surface area (Å²) < 4.78 is 24.6. The summed E-state index contributed by atoms with van der Waals surface area (Å²) >= 11 is 0.986. The van der Waals surface area contributed by atoms with Crippen LogP contribution in [0, 0.1) is 5.92 Å². The average molecular weight is 248 g/mol. The van der Waals surface area contributed by atoms with E-state index in [1.807, 2.05) is 19.0 Å². The van der Waals surface area contributed by atoms with Crippen molar-refractivity contribution in [2.24, 2.45) is 5.92 Å². The number of nitrogens with zero attached hydrogens (tertiary/aromatic N) is 4. The zero-order valence-electron chi connectivity index (χ0n) is 9.23. The van der Waals surface area contributed by atoms with Gasteiger partial charge in [-0.2, -0.15) is 0 Å². The summed E-state index contributed by atoms with van der Waals surface area (Å²) in [5.41, 5.74) is 0. The van der Waals surface area contributed by atoms with E-state index in [0.717, 1.165) is 31.0 Å². The summed E-state index contributed by atoms with van der Waals surface area (Å²) in [6.45, 7) is 2.79. The van der Waals surface area contributed by atoms with Crippen LogP contribution in [-0.4, -0.2) is 48.8 Å². The lowest BCUT2D eigenvalue weighted by atomic mass is 10.0. The van der Waals surface area contributed by atoms with Gasteiger partial charge in [0, 0.05) is 25.6 Å². The molecule has 1 aliphatic heterocycles. The smallest absolute Gasteiger partial charge is 0.291 e. The lowest BCUT2D eigenvalue weighted by Crippen LogP contribution is -2.50. The van der Waals surface area contributed by atoms with E-state index in [-0.39, 0.29) is 5.01 Å². The zero-order chi connectivity index (χ0) is 11.7. The average Bonchev–Trinajstić information content (AvgIpc) is 2.58. The molecule has 1 aromatic heterocycles. The predicted octanol–water partition coefficient (Wildman–Crippen LogP) is 1.47. The van der Waals surface area contributed by atoms with Crippen molar-refractivity contribution in [1.29, 1.82) is 0 Å². The van der Waals surface area contributed by atoms with Crippen LogP contribution in [0.2, 0.25) is 0 Å². The van der Waals surface area contributed by atoms with Gasteiger partial charge in [-0.1, -0.05) is 11.3 Å². The molecule has 0 aliphatic carbocycles. The monoisotopic (exact) mass is 248 g/mol. The molecule has 0 aromatic carbocycles. The summed E-state index contributed by atoms with van der Waals surface area (Å²) in [5.74, 6) is 0.605. The first-order chi connectivity index (χ1) is 7.56. The van der Waals surface area contributed by atoms with Gasteiger partial charge in [0.05, 0.1) is 0 Å². The maximum atomic E-state index is 12.3. The van der Waals surface area contributed by atoms with Crippen molar-refractivity contribution in [2.45, 2.75) is 6.43 Å². The van der Waals surface area contributed by atoms with Crippen molar-refractivity contribution in [3.05, 3.63) is 5.01 Å². The summed E-state index contributed by atoms with van der Waals surface area (Å²) in [4.78, 5) is 4.13. The second-order valence-electron chi connectivity index (χ2n) is 4.26. The summed E-state index contributed by atoms with van der Waals surface area (Å²) in [7, 11) is 4.06. The van der Waals surface area contributed by atoms with Crippen LogP contribution >= 0.6 is 11.3 Å². The fraction of sp³-hybridized carbons (Fsp3) is 0.778. The van der Waals surface area contributed by atoms with Crippen LogP contribution in [-0.2, 0) is 0 Å². The third-order valence-corrected chi connectivity index (χ3v) is 3.46. The Kier molecular flexibility index (Phi) is 3.34. The summed E-state index contributed by atoms with van der Waals surface area (Å²) in [5, 5.41) is 7.67. The van der Waals surface area contributed by atoms with E-state index in [9.17, 15) is 8.78 Å². The number of halogens is 2. The van der Waals surface area contributed by atoms with Crippen molar-refractivity contribution >= 4 is 16.5 Å². The molecule has 0 unspecified atom stereocenters. The third kappa shape index (κ3) is 2.46. The molecule has 0 N–H and O–H groups in total. The van der Waals surface area contributed by atoms with Crippen molar-refractivity contribution in [3.8, 4) is 0 Å². The predicted molar refractivity (Wildman–Crippen MR) is 59.1 cm³/mol. The van der Waals surface area contributed by atoms with Gasteiger partial charge >= 0.3 is 0 Å². The number of alkyl halides is 2. The molecule has 0 atom stereocenters. The molecule has 4 nitrogen and oxygen atoms in total. The topological polar surface area (TPSA) is 32.3 Å². The highest BCUT2D eigenvalue weighted by Gasteiger charge is 2.30. The second-order valence-corrected chi connectivity index (χ2v) is 5.24. The summed E-state index contributed by atoms with van der Waals surface area (Å²) in [6, 6.07) is 0. The Morgan fingerprint density at radius 2 is 2.12 bits per heavy atom. The highest BCUT2D eigenvalue weighted by atomic mass is 32.1. The van der Waals surface area contributed by atoms with E-state index >= 15 is 0 Å². The Bertz CT molecular complexity index is 349. The van der Waals surface area contributed by atoms with E-state index in [1.165, 1.54) is 0 Å². The molecule has 7 heteroatoms. The molecule has 1 saturated heterocycles. The SMILES string of the molecule is CN(C)CC1CN(c2nnc(C(F)F)s2)C1. The lowest BCUT2D eigenvalue weighted by Gasteiger charge is -2.40. The van der Waals surface area contributed by atoms with Gasteiger partial charge in [-0.05, 0) is 14.1 Å². The number of hydrogen-bond acceptors (Lipinski definition) is 5. The second kappa shape index (κ2) is 4.58. The van der Waals surface area contributed by atoms with Crippen molar-refractivity contribution in [3.63, 3.8) is 0 Å². The van der Waals surface area contributed by atoms with Gasteiger partial charge in [-0.3, -0.25) is 0 Å². The van der Waals surface area contributed by atoms with Crippen LogP contribution in [0.4, 0.5) is 13.9 Å². The highest BCUT2D eigenvalue weighted by molar-refractivity contribution is 7.15. The number of hydrogen-bond donors (Lipinski definition) is 0. The van der Waals surface area contributed by atoms with Crippen LogP contribution in [0.25, 0.3) is 0 Å². The highest BCUT2D eigenvalue weighted by Crippen LogP contribution is 2.31. The van der Waals surface area contributed by atoms with Gasteiger partial charge in [0.1, 0.15) is 0 Å². The van der Waals surface area contributed by atoms with Crippen molar-refractivity contribution in [1.82, 2.24) is 15.1 Å². The molecule has 90 valence electrons. The van der Waals surface area contributed by atoms with E-state index in [1.54, 1.807) is 0 Å². The third-order valence-electron chi connectivity index (χ3n) is 2.47. The van der Waals surface area contributed by atoms with E-state index in [4.69, 9.17) is 0 Å². The first-order valence-corrected chi connectivity index (χ1v) is 5.89. The van der Waals surface area contributed by atoms with Crippen LogP contribution < -0.4 is 4.90 Å². The maximum Gasteiger partial charge on any atom is 0.291 e. The fourth-order valence-electron chi connectivity index (χ4n) is 1.80. The van der Waals surface area contributed by atoms with E-state index in [2.05, 4.69) is 15.1 Å². The molecule has 16 heavy (non-hydrogen) atoms. The van der Waals surface area contributed by atoms with Gasteiger partial charge in [0.15, 0.2) is 5.01 Å². The van der Waals surface area contributed by atoms with Crippen molar-refractivity contribution in [2.75, 3.05) is 38.6 Å². The molecule has 0 spiro atoms. The molecule has 1 aromatic rings. The molecular formula is C9H14F2N4S. The first kappa shape index (κ1) is 11.7. The van der Waals surface area contributed by atoms with Crippen LogP contribution in [0.1, 0.15) is 11.4 Å². The van der Waals surface area contributed by atoms with Gasteiger partial charge in [0.25, 0.3) is 6.43 Å². The lowest BCUT2D eigenvalue weighted by molar-refractivity contribution is 0.150. The van der Waals surface area contributed by atoms with Gasteiger partial charge < -0.3 is 9.80 Å². The molecule has 0 bridgehead atoms. The van der Waals surface area contributed by atoms with Crippen LogP contribution in [0.3, 0.4) is 0 Å². The minimum absolute atomic E-state index is 0.189. The minimum atomic E-state index is -2.51. The molecule has 0 radical (unpaired) electrons. The Balaban J connectivity index is 1.86. The molecule has 1 aliphatic rings. The largest absolute Gasteiger partial charge is 0.346 e. The van der Waals surface area contributed by atoms with E-state index in [0.29, 0.717) is 11.0 Å². The zero-order valence-corrected chi connectivity index (χ0v) is 10.0. The maximum absolute atomic E-state index is 12.3. The van der Waals surface area contributed by atoms with E-state index < -0.39 is 6.43 Å². The Labute approximate surface area is 96.9 Å². The fourth-order valence-corrected chi connectivity index (χ4v) is 2.52. The Morgan fingerprint density at radius 1 is 1.44 bits per heavy atom. The molecule has 1 fully saturated rings. The quantitative estimate of drug-likeness (QED) is 0.808. The minimum Gasteiger partial charge on any atom is -0.346 e.